The molecule has 2 rings (SSSR count). The fourth-order valence-corrected chi connectivity index (χ4v) is 3.35. The molecule has 0 aromatic heterocycles. The van der Waals surface area contributed by atoms with Gasteiger partial charge in [-0.15, -0.1) is 14.6 Å². The summed E-state index contributed by atoms with van der Waals surface area (Å²) in [6, 6.07) is 10.1. The van der Waals surface area contributed by atoms with Crippen molar-refractivity contribution in [2.45, 2.75) is 23.6 Å². The normalized spacial score (nSPS) is 11.4. The molecular weight excluding hydrogens is 450 g/mol. The third-order valence-corrected chi connectivity index (χ3v) is 5.16. The van der Waals surface area contributed by atoms with Crippen LogP contribution in [-0.2, 0) is 24.3 Å². The number of rotatable bonds is 9. The molecule has 0 fully saturated rings. The quantitative estimate of drug-likeness (QED) is 0.121. The van der Waals surface area contributed by atoms with Crippen LogP contribution >= 0.6 is 12.0 Å². The number of allylic oxidation sites excluding steroid dienone is 1. The number of carbonyl (C=O) groups is 1. The molecule has 31 heavy (non-hydrogen) atoms. The van der Waals surface area contributed by atoms with E-state index < -0.39 is 20.9 Å². The number of anilines is 1. The molecule has 0 aliphatic carbocycles. The van der Waals surface area contributed by atoms with E-state index in [1.807, 2.05) is 0 Å². The van der Waals surface area contributed by atoms with Crippen LogP contribution in [0.4, 0.5) is 11.4 Å². The van der Waals surface area contributed by atoms with Crippen LogP contribution < -0.4 is 10.1 Å². The highest BCUT2D eigenvalue weighted by Crippen LogP contribution is 2.33. The zero-order valence-corrected chi connectivity index (χ0v) is 18.2. The van der Waals surface area contributed by atoms with Crippen molar-refractivity contribution in [2.24, 2.45) is 10.2 Å². The van der Waals surface area contributed by atoms with Gasteiger partial charge < -0.3 is 10.1 Å². The summed E-state index contributed by atoms with van der Waals surface area (Å²) in [5.41, 5.74) is 0.548. The van der Waals surface area contributed by atoms with E-state index in [1.165, 1.54) is 31.4 Å². The Morgan fingerprint density at radius 3 is 2.48 bits per heavy atom. The van der Waals surface area contributed by atoms with Crippen LogP contribution in [0, 0.1) is 0 Å². The summed E-state index contributed by atoms with van der Waals surface area (Å²) in [5, 5.41) is 22.3. The van der Waals surface area contributed by atoms with Crippen LogP contribution in [0.5, 0.6) is 5.75 Å². The molecule has 0 saturated carbocycles. The number of carbonyl (C=O) groups excluding carboxylic acids is 1. The molecule has 13 heteroatoms. The van der Waals surface area contributed by atoms with E-state index in [2.05, 4.69) is 24.9 Å². The van der Waals surface area contributed by atoms with Gasteiger partial charge in [-0.05, 0) is 49.8 Å². The molecule has 2 aromatic rings. The van der Waals surface area contributed by atoms with Gasteiger partial charge in [0.05, 0.1) is 24.8 Å². The van der Waals surface area contributed by atoms with Gasteiger partial charge in [-0.2, -0.15) is 8.42 Å². The van der Waals surface area contributed by atoms with E-state index in [9.17, 15) is 17.8 Å². The number of nitrogens with one attached hydrogen (secondary N) is 1. The number of hydrogen-bond donors (Lipinski definition) is 3. The number of amides is 1. The molecule has 0 unspecified atom stereocenters. The van der Waals surface area contributed by atoms with Gasteiger partial charge in [-0.25, -0.2) is 5.26 Å². The number of azo groups is 1. The average molecular weight is 469 g/mol. The van der Waals surface area contributed by atoms with Gasteiger partial charge in [0.25, 0.3) is 16.0 Å². The summed E-state index contributed by atoms with van der Waals surface area (Å²) in [6.07, 6.45) is 0. The lowest BCUT2D eigenvalue weighted by molar-refractivity contribution is -0.432. The molecule has 1 amide bonds. The Kier molecular flexibility index (Phi) is 8.67. The fourth-order valence-electron chi connectivity index (χ4n) is 2.31. The maximum atomic E-state index is 12.7. The monoisotopic (exact) mass is 469 g/mol. The van der Waals surface area contributed by atoms with Gasteiger partial charge in [-0.1, -0.05) is 17.2 Å². The van der Waals surface area contributed by atoms with Gasteiger partial charge in [0.15, 0.2) is 0 Å². The van der Waals surface area contributed by atoms with Crippen LogP contribution in [0.15, 0.2) is 73.8 Å². The predicted octanol–water partition coefficient (Wildman–Crippen LogP) is 4.39. The van der Waals surface area contributed by atoms with Gasteiger partial charge in [0.1, 0.15) is 22.0 Å². The molecule has 0 spiro atoms. The Bertz CT molecular complexity index is 1110. The lowest BCUT2D eigenvalue weighted by Crippen LogP contribution is -2.16. The molecule has 0 saturated heterocycles. The van der Waals surface area contributed by atoms with Crippen LogP contribution in [-0.4, -0.2) is 31.2 Å². The number of methoxy groups -OCH3 is 1. The number of ether oxygens (including phenoxy) is 1. The zero-order chi connectivity index (χ0) is 23.0. The molecule has 0 atom stereocenters. The zero-order valence-electron chi connectivity index (χ0n) is 16.6. The van der Waals surface area contributed by atoms with E-state index in [4.69, 9.17) is 9.99 Å². The van der Waals surface area contributed by atoms with Gasteiger partial charge >= 0.3 is 0 Å². The number of para-hydroxylation sites is 1. The topological polar surface area (TPSA) is 156 Å². The van der Waals surface area contributed by atoms with Crippen LogP contribution in [0.3, 0.4) is 0 Å². The molecule has 0 bridgehead atoms. The molecule has 11 nitrogen and oxygen atoms in total. The molecule has 3 N–H and O–H groups in total. The first-order chi connectivity index (χ1) is 14.7. The standard InChI is InChI=1S/C18H19N3O8S2/c1-11(2)17(18(22)19-13-6-4-5-7-16(13)31(24,25)26)21-20-14-10-12(30-29-28-23)8-9-15(14)27-3/h4-10,23H,1-3H3,(H,19,22)(H,24,25,26)/b21-20+. The van der Waals surface area contributed by atoms with Crippen molar-refractivity contribution < 1.29 is 37.1 Å². The van der Waals surface area contributed by atoms with Crippen LogP contribution in [0.25, 0.3) is 0 Å². The second kappa shape index (κ2) is 11.0. The Morgan fingerprint density at radius 2 is 1.87 bits per heavy atom. The fraction of sp³-hybridized carbons (Fsp3) is 0.167. The average Bonchev–Trinajstić information content (AvgIpc) is 2.71. The van der Waals surface area contributed by atoms with Crippen molar-refractivity contribution >= 4 is 39.4 Å². The molecule has 166 valence electrons. The highest BCUT2D eigenvalue weighted by atomic mass is 32.2. The number of benzene rings is 2. The van der Waals surface area contributed by atoms with E-state index in [0.29, 0.717) is 28.3 Å². The Hall–Kier alpha value is -2.81. The molecule has 0 aliphatic rings. The molecular formula is C18H19N3O8S2. The number of nitrogens with zero attached hydrogens (tertiary/aromatic N) is 2. The van der Waals surface area contributed by atoms with Crippen molar-refractivity contribution in [1.82, 2.24) is 0 Å². The first-order valence-electron chi connectivity index (χ1n) is 8.47. The lowest BCUT2D eigenvalue weighted by Gasteiger charge is -2.10. The molecule has 0 radical (unpaired) electrons. The highest BCUT2D eigenvalue weighted by Gasteiger charge is 2.19. The Morgan fingerprint density at radius 1 is 1.16 bits per heavy atom. The summed E-state index contributed by atoms with van der Waals surface area (Å²) in [4.78, 5) is 12.8. The SMILES string of the molecule is COc1ccc(SOOO)cc1/N=N/C(C(=O)Nc1ccccc1S(=O)(=O)O)=C(C)C. The maximum Gasteiger partial charge on any atom is 0.296 e. The van der Waals surface area contributed by atoms with E-state index in [0.717, 1.165) is 6.07 Å². The summed E-state index contributed by atoms with van der Waals surface area (Å²) in [7, 11) is -3.12. The Balaban J connectivity index is 2.34. The third-order valence-electron chi connectivity index (χ3n) is 3.67. The minimum atomic E-state index is -4.55. The maximum absolute atomic E-state index is 12.7. The summed E-state index contributed by atoms with van der Waals surface area (Å²) < 4.78 is 42.0. The predicted molar refractivity (Wildman–Crippen MR) is 111 cm³/mol. The van der Waals surface area contributed by atoms with Crippen molar-refractivity contribution in [3.63, 3.8) is 0 Å². The van der Waals surface area contributed by atoms with Crippen molar-refractivity contribution in [3.8, 4) is 5.75 Å². The van der Waals surface area contributed by atoms with Gasteiger partial charge in [0, 0.05) is 4.90 Å². The Labute approximate surface area is 182 Å². The summed E-state index contributed by atoms with van der Waals surface area (Å²) >= 11 is 0.705. The molecule has 0 heterocycles. The third kappa shape index (κ3) is 6.85. The van der Waals surface area contributed by atoms with E-state index in [1.54, 1.807) is 26.0 Å². The van der Waals surface area contributed by atoms with Gasteiger partial charge in [-0.3, -0.25) is 9.35 Å². The van der Waals surface area contributed by atoms with Gasteiger partial charge in [0.2, 0.25) is 0 Å². The summed E-state index contributed by atoms with van der Waals surface area (Å²) in [6.45, 7) is 3.25. The minimum Gasteiger partial charge on any atom is -0.494 e. The van der Waals surface area contributed by atoms with E-state index in [-0.39, 0.29) is 17.1 Å². The highest BCUT2D eigenvalue weighted by molar-refractivity contribution is 7.94. The molecule has 2 aromatic carbocycles. The first kappa shape index (κ1) is 24.5. The lowest BCUT2D eigenvalue weighted by atomic mass is 10.2. The minimum absolute atomic E-state index is 0.0832. The molecule has 0 aliphatic heterocycles. The summed E-state index contributed by atoms with van der Waals surface area (Å²) in [5.74, 6) is -0.385. The second-order valence-corrected chi connectivity index (χ2v) is 8.20. The first-order valence-corrected chi connectivity index (χ1v) is 10.7. The smallest absolute Gasteiger partial charge is 0.296 e. The van der Waals surface area contributed by atoms with Crippen LogP contribution in [0.1, 0.15) is 13.8 Å². The van der Waals surface area contributed by atoms with Crippen molar-refractivity contribution in [1.29, 1.82) is 0 Å². The van der Waals surface area contributed by atoms with Crippen molar-refractivity contribution in [2.75, 3.05) is 12.4 Å². The van der Waals surface area contributed by atoms with E-state index >= 15 is 0 Å². The van der Waals surface area contributed by atoms with Crippen molar-refractivity contribution in [3.05, 3.63) is 53.7 Å². The second-order valence-electron chi connectivity index (χ2n) is 6.03. The number of hydrogen-bond acceptors (Lipinski definition) is 10. The largest absolute Gasteiger partial charge is 0.494 e. The van der Waals surface area contributed by atoms with Crippen LogP contribution in [0.2, 0.25) is 0 Å².